The zero-order chi connectivity index (χ0) is 19.6. The molecule has 1 heterocycles. The number of phenolic OH excluding ortho intramolecular Hbond substituents is 1. The van der Waals surface area contributed by atoms with E-state index in [1.54, 1.807) is 19.1 Å². The van der Waals surface area contributed by atoms with E-state index in [2.05, 4.69) is 5.10 Å². The lowest BCUT2D eigenvalue weighted by molar-refractivity contribution is -0.137. The highest BCUT2D eigenvalue weighted by Gasteiger charge is 2.32. The van der Waals surface area contributed by atoms with Gasteiger partial charge in [-0.05, 0) is 42.8 Å². The van der Waals surface area contributed by atoms with Crippen LogP contribution in [0.3, 0.4) is 0 Å². The molecule has 0 unspecified atom stereocenters. The summed E-state index contributed by atoms with van der Waals surface area (Å²) >= 11 is 0. The number of hydrogen-bond donors (Lipinski definition) is 1. The molecule has 0 aliphatic rings. The van der Waals surface area contributed by atoms with Crippen LogP contribution in [0.4, 0.5) is 13.2 Å². The summed E-state index contributed by atoms with van der Waals surface area (Å²) in [4.78, 5) is 11.9. The van der Waals surface area contributed by atoms with Gasteiger partial charge in [-0.25, -0.2) is 9.48 Å². The number of carbonyl (C=O) groups is 1. The van der Waals surface area contributed by atoms with E-state index in [1.165, 1.54) is 35.3 Å². The third kappa shape index (κ3) is 4.11. The molecule has 8 heteroatoms. The van der Waals surface area contributed by atoms with E-state index in [1.807, 2.05) is 0 Å². The molecule has 1 N–H and O–H groups in total. The van der Waals surface area contributed by atoms with Crippen molar-refractivity contribution in [2.75, 3.05) is 6.61 Å². The molecule has 0 bridgehead atoms. The second-order valence-electron chi connectivity index (χ2n) is 5.71. The van der Waals surface area contributed by atoms with Gasteiger partial charge < -0.3 is 9.84 Å². The van der Waals surface area contributed by atoms with Crippen LogP contribution in [0.25, 0.3) is 16.8 Å². The van der Waals surface area contributed by atoms with Gasteiger partial charge >= 0.3 is 12.1 Å². The number of aromatic nitrogens is 2. The van der Waals surface area contributed by atoms with Gasteiger partial charge in [0.2, 0.25) is 0 Å². The topological polar surface area (TPSA) is 64.3 Å². The van der Waals surface area contributed by atoms with Crippen molar-refractivity contribution in [2.45, 2.75) is 13.1 Å². The fourth-order valence-electron chi connectivity index (χ4n) is 2.54. The average Bonchev–Trinajstić information content (AvgIpc) is 3.11. The number of carbonyl (C=O) groups excluding carboxylic acids is 1. The van der Waals surface area contributed by atoms with Crippen LogP contribution < -0.4 is 0 Å². The summed E-state index contributed by atoms with van der Waals surface area (Å²) in [5, 5.41) is 13.6. The lowest BCUT2D eigenvalue weighted by atomic mass is 10.1. The summed E-state index contributed by atoms with van der Waals surface area (Å²) in [6.07, 6.45) is -1.66. The molecule has 27 heavy (non-hydrogen) atoms. The Balaban J connectivity index is 2.05. The first-order valence-electron chi connectivity index (χ1n) is 8.02. The second kappa shape index (κ2) is 7.14. The number of esters is 1. The van der Waals surface area contributed by atoms with Crippen molar-refractivity contribution in [1.29, 1.82) is 0 Å². The van der Waals surface area contributed by atoms with Crippen molar-refractivity contribution in [2.24, 2.45) is 0 Å². The van der Waals surface area contributed by atoms with Gasteiger partial charge in [0, 0.05) is 11.8 Å². The monoisotopic (exact) mass is 376 g/mol. The van der Waals surface area contributed by atoms with Crippen LogP contribution in [0.5, 0.6) is 5.75 Å². The highest BCUT2D eigenvalue weighted by molar-refractivity contribution is 5.90. The molecule has 3 aromatic rings. The highest BCUT2D eigenvalue weighted by atomic mass is 19.4. The standard InChI is InChI=1S/C19H15F3N2O3/c1-2-27-18(26)13-6-15(19(20,21)22)9-16(7-13)24-11-14(10-23-24)12-4-3-5-17(25)8-12/h3-11,25H,2H2,1H3. The van der Waals surface area contributed by atoms with Crippen molar-refractivity contribution in [3.63, 3.8) is 0 Å². The molecule has 0 amide bonds. The molecule has 0 saturated carbocycles. The van der Waals surface area contributed by atoms with Crippen LogP contribution in [-0.2, 0) is 10.9 Å². The molecule has 0 atom stereocenters. The van der Waals surface area contributed by atoms with Crippen molar-refractivity contribution in [3.05, 3.63) is 66.0 Å². The summed E-state index contributed by atoms with van der Waals surface area (Å²) in [5.74, 6) is -0.783. The van der Waals surface area contributed by atoms with E-state index in [9.17, 15) is 23.1 Å². The first kappa shape index (κ1) is 18.5. The lowest BCUT2D eigenvalue weighted by Crippen LogP contribution is -2.11. The molecule has 0 radical (unpaired) electrons. The number of phenols is 1. The molecule has 5 nitrogen and oxygen atoms in total. The molecule has 3 rings (SSSR count). The number of rotatable bonds is 4. The largest absolute Gasteiger partial charge is 0.508 e. The normalized spacial score (nSPS) is 11.4. The minimum Gasteiger partial charge on any atom is -0.508 e. The molecular formula is C19H15F3N2O3. The van der Waals surface area contributed by atoms with Crippen LogP contribution in [0.2, 0.25) is 0 Å². The maximum absolute atomic E-state index is 13.2. The van der Waals surface area contributed by atoms with Gasteiger partial charge in [0.15, 0.2) is 0 Å². The molecule has 0 fully saturated rings. The fourth-order valence-corrected chi connectivity index (χ4v) is 2.54. The molecular weight excluding hydrogens is 361 g/mol. The average molecular weight is 376 g/mol. The first-order chi connectivity index (χ1) is 12.8. The number of halogens is 3. The molecule has 0 aliphatic carbocycles. The zero-order valence-electron chi connectivity index (χ0n) is 14.2. The Labute approximate surface area is 152 Å². The van der Waals surface area contributed by atoms with Crippen molar-refractivity contribution >= 4 is 5.97 Å². The van der Waals surface area contributed by atoms with E-state index in [0.717, 1.165) is 12.1 Å². The summed E-state index contributed by atoms with van der Waals surface area (Å²) < 4.78 is 45.7. The van der Waals surface area contributed by atoms with Gasteiger partial charge in [0.05, 0.1) is 29.6 Å². The van der Waals surface area contributed by atoms with Gasteiger partial charge in [0.1, 0.15) is 5.75 Å². The van der Waals surface area contributed by atoms with Gasteiger partial charge in [-0.15, -0.1) is 0 Å². The molecule has 0 spiro atoms. The predicted octanol–water partition coefficient (Wildman–Crippen LogP) is 4.44. The number of ether oxygens (including phenoxy) is 1. The number of aromatic hydroxyl groups is 1. The molecule has 0 aliphatic heterocycles. The Morgan fingerprint density at radius 3 is 2.63 bits per heavy atom. The number of alkyl halides is 3. The Morgan fingerprint density at radius 2 is 1.96 bits per heavy atom. The first-order valence-corrected chi connectivity index (χ1v) is 8.02. The predicted molar refractivity (Wildman–Crippen MR) is 91.6 cm³/mol. The van der Waals surface area contributed by atoms with Gasteiger partial charge in [-0.2, -0.15) is 18.3 Å². The Morgan fingerprint density at radius 1 is 1.19 bits per heavy atom. The van der Waals surface area contributed by atoms with Gasteiger partial charge in [-0.1, -0.05) is 12.1 Å². The molecule has 0 saturated heterocycles. The summed E-state index contributed by atoms with van der Waals surface area (Å²) in [6.45, 7) is 1.62. The van der Waals surface area contributed by atoms with Crippen molar-refractivity contribution in [3.8, 4) is 22.6 Å². The van der Waals surface area contributed by atoms with E-state index in [0.29, 0.717) is 11.1 Å². The molecule has 1 aromatic heterocycles. The summed E-state index contributed by atoms with van der Waals surface area (Å²) in [7, 11) is 0. The van der Waals surface area contributed by atoms with E-state index < -0.39 is 17.7 Å². The Kier molecular flexibility index (Phi) is 4.89. The number of nitrogens with zero attached hydrogens (tertiary/aromatic N) is 2. The van der Waals surface area contributed by atoms with E-state index >= 15 is 0 Å². The minimum absolute atomic E-state index is 0.0494. The molecule has 140 valence electrons. The number of hydrogen-bond acceptors (Lipinski definition) is 4. The summed E-state index contributed by atoms with van der Waals surface area (Å²) in [5.41, 5.74) is 0.132. The Hall–Kier alpha value is -3.29. The third-order valence-electron chi connectivity index (χ3n) is 3.78. The number of benzene rings is 2. The van der Waals surface area contributed by atoms with Crippen LogP contribution >= 0.6 is 0 Å². The van der Waals surface area contributed by atoms with Gasteiger partial charge in [-0.3, -0.25) is 0 Å². The second-order valence-corrected chi connectivity index (χ2v) is 5.71. The van der Waals surface area contributed by atoms with Crippen LogP contribution in [0, 0.1) is 0 Å². The molecule has 2 aromatic carbocycles. The minimum atomic E-state index is -4.63. The van der Waals surface area contributed by atoms with Crippen LogP contribution in [0.15, 0.2) is 54.9 Å². The van der Waals surface area contributed by atoms with Crippen molar-refractivity contribution < 1.29 is 27.8 Å². The highest BCUT2D eigenvalue weighted by Crippen LogP contribution is 2.32. The lowest BCUT2D eigenvalue weighted by Gasteiger charge is -2.12. The summed E-state index contributed by atoms with van der Waals surface area (Å²) in [6, 6.07) is 9.34. The quantitative estimate of drug-likeness (QED) is 0.684. The van der Waals surface area contributed by atoms with Crippen LogP contribution in [0.1, 0.15) is 22.8 Å². The maximum atomic E-state index is 13.2. The maximum Gasteiger partial charge on any atom is 0.416 e. The van der Waals surface area contributed by atoms with Crippen LogP contribution in [-0.4, -0.2) is 27.5 Å². The zero-order valence-corrected chi connectivity index (χ0v) is 14.2. The van der Waals surface area contributed by atoms with Crippen molar-refractivity contribution in [1.82, 2.24) is 9.78 Å². The van der Waals surface area contributed by atoms with E-state index in [4.69, 9.17) is 4.74 Å². The Bertz CT molecular complexity index is 980. The SMILES string of the molecule is CCOC(=O)c1cc(-n2cc(-c3cccc(O)c3)cn2)cc(C(F)(F)F)c1. The third-order valence-corrected chi connectivity index (χ3v) is 3.78. The smallest absolute Gasteiger partial charge is 0.416 e. The fraction of sp³-hybridized carbons (Fsp3) is 0.158. The van der Waals surface area contributed by atoms with E-state index in [-0.39, 0.29) is 23.6 Å². The van der Waals surface area contributed by atoms with Gasteiger partial charge in [0.25, 0.3) is 0 Å².